The first-order valence-corrected chi connectivity index (χ1v) is 9.32. The predicted molar refractivity (Wildman–Crippen MR) is 95.1 cm³/mol. The third kappa shape index (κ3) is 3.20. The van der Waals surface area contributed by atoms with Crippen LogP contribution >= 0.6 is 0 Å². The number of aryl methyl sites for hydroxylation is 1. The van der Waals surface area contributed by atoms with Crippen molar-refractivity contribution in [3.05, 3.63) is 48.0 Å². The number of ether oxygens (including phenoxy) is 3. The smallest absolute Gasteiger partial charge is 0.348 e. The van der Waals surface area contributed by atoms with Gasteiger partial charge in [0.05, 0.1) is 31.3 Å². The lowest BCUT2D eigenvalue weighted by Crippen LogP contribution is -2.47. The van der Waals surface area contributed by atoms with Gasteiger partial charge in [0.2, 0.25) is 6.10 Å². The Morgan fingerprint density at radius 3 is 2.46 bits per heavy atom. The summed E-state index contributed by atoms with van der Waals surface area (Å²) in [5.74, 6) is 0.232. The van der Waals surface area contributed by atoms with Crippen LogP contribution < -0.4 is 13.8 Å². The number of nitrogens with zero attached hydrogens (tertiary/aromatic N) is 1. The number of fused-ring (bicyclic) bond motifs is 1. The zero-order chi connectivity index (χ0) is 18.9. The fourth-order valence-corrected chi connectivity index (χ4v) is 4.19. The lowest BCUT2D eigenvalue weighted by atomic mass is 10.1. The van der Waals surface area contributed by atoms with Crippen molar-refractivity contribution in [3.8, 4) is 11.5 Å². The lowest BCUT2D eigenvalue weighted by molar-refractivity contribution is -0.148. The summed E-state index contributed by atoms with van der Waals surface area (Å²) >= 11 is 0. The van der Waals surface area contributed by atoms with Crippen molar-refractivity contribution in [1.29, 1.82) is 0 Å². The van der Waals surface area contributed by atoms with E-state index in [4.69, 9.17) is 14.2 Å². The second-order valence-electron chi connectivity index (χ2n) is 5.81. The summed E-state index contributed by atoms with van der Waals surface area (Å²) in [7, 11) is -1.16. The third-order valence-corrected chi connectivity index (χ3v) is 5.89. The number of rotatable bonds is 4. The van der Waals surface area contributed by atoms with E-state index in [-0.39, 0.29) is 11.4 Å². The highest BCUT2D eigenvalue weighted by Crippen LogP contribution is 2.38. The standard InChI is InChI=1S/C18H19NO6S/c1-12-4-9-16-15(10-12)19(11-17(25-16)18(20)24-3)26(21,22)14-7-5-13(23-2)6-8-14/h4-10,17H,11H2,1-3H3. The quantitative estimate of drug-likeness (QED) is 0.759. The molecule has 0 amide bonds. The van der Waals surface area contributed by atoms with Gasteiger partial charge in [-0.05, 0) is 48.9 Å². The maximum Gasteiger partial charge on any atom is 0.348 e. The average molecular weight is 377 g/mol. The molecular weight excluding hydrogens is 358 g/mol. The Hall–Kier alpha value is -2.74. The Morgan fingerprint density at radius 2 is 1.85 bits per heavy atom. The molecule has 0 fully saturated rings. The average Bonchev–Trinajstić information content (AvgIpc) is 2.66. The van der Waals surface area contributed by atoms with Crippen LogP contribution in [0.25, 0.3) is 0 Å². The summed E-state index contributed by atoms with van der Waals surface area (Å²) in [5, 5.41) is 0. The van der Waals surface area contributed by atoms with Crippen LogP contribution in [0.3, 0.4) is 0 Å². The molecule has 0 aliphatic carbocycles. The molecule has 0 saturated carbocycles. The maximum atomic E-state index is 13.2. The molecule has 1 heterocycles. The van der Waals surface area contributed by atoms with Gasteiger partial charge < -0.3 is 14.2 Å². The minimum absolute atomic E-state index is 0.0938. The van der Waals surface area contributed by atoms with Crippen LogP contribution in [0.15, 0.2) is 47.4 Å². The molecule has 0 spiro atoms. The summed E-state index contributed by atoms with van der Waals surface area (Å²) in [6.07, 6.45) is -1.04. The number of hydrogen-bond donors (Lipinski definition) is 0. The molecule has 0 aromatic heterocycles. The van der Waals surface area contributed by atoms with Gasteiger partial charge in [-0.3, -0.25) is 4.31 Å². The predicted octanol–water partition coefficient (Wildman–Crippen LogP) is 2.13. The summed E-state index contributed by atoms with van der Waals surface area (Å²) in [5.41, 5.74) is 1.26. The summed E-state index contributed by atoms with van der Waals surface area (Å²) < 4.78 is 43.0. The zero-order valence-electron chi connectivity index (χ0n) is 14.6. The van der Waals surface area contributed by atoms with E-state index in [1.54, 1.807) is 30.3 Å². The molecule has 138 valence electrons. The molecule has 0 radical (unpaired) electrons. The first kappa shape index (κ1) is 18.1. The molecule has 8 heteroatoms. The molecule has 7 nitrogen and oxygen atoms in total. The second kappa shape index (κ2) is 6.87. The van der Waals surface area contributed by atoms with Gasteiger partial charge in [0.25, 0.3) is 10.0 Å². The molecule has 1 unspecified atom stereocenters. The zero-order valence-corrected chi connectivity index (χ0v) is 15.4. The van der Waals surface area contributed by atoms with Crippen LogP contribution in [0, 0.1) is 6.92 Å². The van der Waals surface area contributed by atoms with Crippen LogP contribution in [-0.4, -0.2) is 41.3 Å². The van der Waals surface area contributed by atoms with Gasteiger partial charge in [-0.15, -0.1) is 0 Å². The van der Waals surface area contributed by atoms with Crippen molar-refractivity contribution in [3.63, 3.8) is 0 Å². The number of benzene rings is 2. The molecule has 26 heavy (non-hydrogen) atoms. The molecule has 3 rings (SSSR count). The van der Waals surface area contributed by atoms with Crippen LogP contribution in [-0.2, 0) is 19.6 Å². The first-order valence-electron chi connectivity index (χ1n) is 7.88. The van der Waals surface area contributed by atoms with Gasteiger partial charge in [0.1, 0.15) is 11.5 Å². The minimum atomic E-state index is -3.90. The minimum Gasteiger partial charge on any atom is -0.497 e. The van der Waals surface area contributed by atoms with Gasteiger partial charge in [0, 0.05) is 0 Å². The fraction of sp³-hybridized carbons (Fsp3) is 0.278. The van der Waals surface area contributed by atoms with E-state index in [1.165, 1.54) is 30.7 Å². The summed E-state index contributed by atoms with van der Waals surface area (Å²) in [4.78, 5) is 12.0. The van der Waals surface area contributed by atoms with Crippen molar-refractivity contribution in [2.75, 3.05) is 25.1 Å². The van der Waals surface area contributed by atoms with Crippen molar-refractivity contribution in [2.45, 2.75) is 17.9 Å². The van der Waals surface area contributed by atoms with Crippen LogP contribution in [0.5, 0.6) is 11.5 Å². The highest BCUT2D eigenvalue weighted by atomic mass is 32.2. The molecule has 2 aromatic rings. The highest BCUT2D eigenvalue weighted by molar-refractivity contribution is 7.92. The number of carbonyl (C=O) groups excluding carboxylic acids is 1. The molecular formula is C18H19NO6S. The van der Waals surface area contributed by atoms with E-state index >= 15 is 0 Å². The Kier molecular flexibility index (Phi) is 4.78. The monoisotopic (exact) mass is 377 g/mol. The van der Waals surface area contributed by atoms with Gasteiger partial charge >= 0.3 is 5.97 Å². The number of esters is 1. The SMILES string of the molecule is COC(=O)C1CN(S(=O)(=O)c2ccc(OC)cc2)c2cc(C)ccc2O1. The van der Waals surface area contributed by atoms with Crippen LogP contribution in [0.4, 0.5) is 5.69 Å². The van der Waals surface area contributed by atoms with Crippen molar-refractivity contribution < 1.29 is 27.4 Å². The Bertz CT molecular complexity index is 923. The Morgan fingerprint density at radius 1 is 1.15 bits per heavy atom. The summed E-state index contributed by atoms with van der Waals surface area (Å²) in [6, 6.07) is 11.2. The second-order valence-corrected chi connectivity index (χ2v) is 7.67. The summed E-state index contributed by atoms with van der Waals surface area (Å²) in [6.45, 7) is 1.68. The maximum absolute atomic E-state index is 13.2. The molecule has 1 aliphatic rings. The normalized spacial score (nSPS) is 16.4. The van der Waals surface area contributed by atoms with Gasteiger partial charge in [0.15, 0.2) is 0 Å². The number of carbonyl (C=O) groups is 1. The van der Waals surface area contributed by atoms with Crippen LogP contribution in [0.1, 0.15) is 5.56 Å². The highest BCUT2D eigenvalue weighted by Gasteiger charge is 2.38. The molecule has 0 saturated heterocycles. The number of hydrogen-bond acceptors (Lipinski definition) is 6. The van der Waals surface area contributed by atoms with E-state index in [2.05, 4.69) is 0 Å². The number of sulfonamides is 1. The van der Waals surface area contributed by atoms with Crippen molar-refractivity contribution in [1.82, 2.24) is 0 Å². The van der Waals surface area contributed by atoms with Gasteiger partial charge in [-0.1, -0.05) is 6.07 Å². The van der Waals surface area contributed by atoms with E-state index in [1.807, 2.05) is 6.92 Å². The number of methoxy groups -OCH3 is 2. The third-order valence-electron chi connectivity index (χ3n) is 4.10. The molecule has 0 N–H and O–H groups in total. The van der Waals surface area contributed by atoms with Gasteiger partial charge in [-0.2, -0.15) is 0 Å². The first-order chi connectivity index (χ1) is 12.4. The molecule has 1 aliphatic heterocycles. The van der Waals surface area contributed by atoms with Crippen molar-refractivity contribution in [2.24, 2.45) is 0 Å². The Labute approximate surface area is 152 Å². The number of anilines is 1. The molecule has 1 atom stereocenters. The van der Waals surface area contributed by atoms with Gasteiger partial charge in [-0.25, -0.2) is 13.2 Å². The van der Waals surface area contributed by atoms with E-state index in [0.717, 1.165) is 5.56 Å². The lowest BCUT2D eigenvalue weighted by Gasteiger charge is -2.34. The van der Waals surface area contributed by atoms with E-state index in [9.17, 15) is 13.2 Å². The van der Waals surface area contributed by atoms with E-state index in [0.29, 0.717) is 17.2 Å². The fourth-order valence-electron chi connectivity index (χ4n) is 2.72. The van der Waals surface area contributed by atoms with Crippen molar-refractivity contribution >= 4 is 21.7 Å². The van der Waals surface area contributed by atoms with Crippen LogP contribution in [0.2, 0.25) is 0 Å². The largest absolute Gasteiger partial charge is 0.497 e. The topological polar surface area (TPSA) is 82.1 Å². The Balaban J connectivity index is 2.08. The molecule has 0 bridgehead atoms. The molecule has 2 aromatic carbocycles. The van der Waals surface area contributed by atoms with E-state index < -0.39 is 22.1 Å².